The smallest absolute Gasteiger partial charge is 0.132 e. The maximum absolute atomic E-state index is 5.70. The number of aromatic nitrogens is 2. The van der Waals surface area contributed by atoms with Gasteiger partial charge in [0, 0.05) is 29.8 Å². The highest BCUT2D eigenvalue weighted by atomic mass is 14.9. The number of nitrogens with two attached hydrogens (primary N) is 1. The number of nitrogens with zero attached hydrogens (tertiary/aromatic N) is 2. The van der Waals surface area contributed by atoms with Gasteiger partial charge in [-0.3, -0.25) is 0 Å². The van der Waals surface area contributed by atoms with Crippen molar-refractivity contribution in [3.05, 3.63) is 23.3 Å². The van der Waals surface area contributed by atoms with E-state index in [2.05, 4.69) is 24.9 Å². The molecule has 2 rings (SSSR count). The van der Waals surface area contributed by atoms with Gasteiger partial charge in [-0.1, -0.05) is 26.2 Å². The van der Waals surface area contributed by atoms with Crippen LogP contribution >= 0.6 is 0 Å². The van der Waals surface area contributed by atoms with Crippen LogP contribution in [-0.2, 0) is 0 Å². The van der Waals surface area contributed by atoms with Gasteiger partial charge in [0.15, 0.2) is 0 Å². The van der Waals surface area contributed by atoms with Crippen LogP contribution in [0.3, 0.4) is 0 Å². The van der Waals surface area contributed by atoms with Crippen LogP contribution in [0.25, 0.3) is 0 Å². The second kappa shape index (κ2) is 5.58. The van der Waals surface area contributed by atoms with Crippen LogP contribution in [0.4, 0.5) is 0 Å². The lowest BCUT2D eigenvalue weighted by Gasteiger charge is -2.22. The van der Waals surface area contributed by atoms with Crippen LogP contribution in [0.5, 0.6) is 0 Å². The molecule has 0 spiro atoms. The molecule has 2 N–H and O–H groups in total. The molecule has 94 valence electrons. The summed E-state index contributed by atoms with van der Waals surface area (Å²) in [5.74, 6) is 1.83. The molecule has 3 nitrogen and oxygen atoms in total. The third-order valence-corrected chi connectivity index (χ3v) is 3.71. The molecular weight excluding hydrogens is 210 g/mol. The third kappa shape index (κ3) is 3.03. The lowest BCUT2D eigenvalue weighted by molar-refractivity contribution is 0.434. The average molecular weight is 233 g/mol. The van der Waals surface area contributed by atoms with Crippen LogP contribution in [0.15, 0.2) is 6.07 Å². The molecule has 1 aromatic heterocycles. The fourth-order valence-corrected chi connectivity index (χ4v) is 2.55. The fraction of sp³-hybridized carbons (Fsp3) is 0.714. The Hall–Kier alpha value is -0.960. The summed E-state index contributed by atoms with van der Waals surface area (Å²) in [7, 11) is 0. The minimum Gasteiger partial charge on any atom is -0.330 e. The van der Waals surface area contributed by atoms with Crippen LogP contribution in [-0.4, -0.2) is 16.5 Å². The van der Waals surface area contributed by atoms with Crippen molar-refractivity contribution in [2.24, 2.45) is 5.73 Å². The van der Waals surface area contributed by atoms with Gasteiger partial charge in [0.25, 0.3) is 0 Å². The summed E-state index contributed by atoms with van der Waals surface area (Å²) in [6.07, 6.45) is 6.64. The third-order valence-electron chi connectivity index (χ3n) is 3.71. The van der Waals surface area contributed by atoms with Crippen LogP contribution in [0.2, 0.25) is 0 Å². The van der Waals surface area contributed by atoms with Gasteiger partial charge in [-0.25, -0.2) is 9.97 Å². The van der Waals surface area contributed by atoms with E-state index in [4.69, 9.17) is 10.7 Å². The standard InChI is InChI=1S/C14H23N3/c1-10(9-15)14-16-11(2)8-13(17-14)12-6-4-3-5-7-12/h8,10,12H,3-7,9,15H2,1-2H3. The summed E-state index contributed by atoms with van der Waals surface area (Å²) in [4.78, 5) is 9.25. The van der Waals surface area contributed by atoms with Gasteiger partial charge >= 0.3 is 0 Å². The highest BCUT2D eigenvalue weighted by molar-refractivity contribution is 5.16. The molecule has 1 heterocycles. The van der Waals surface area contributed by atoms with E-state index in [0.717, 1.165) is 11.5 Å². The Labute approximate surface area is 104 Å². The fourth-order valence-electron chi connectivity index (χ4n) is 2.55. The number of hydrogen-bond donors (Lipinski definition) is 1. The minimum absolute atomic E-state index is 0.261. The topological polar surface area (TPSA) is 51.8 Å². The first kappa shape index (κ1) is 12.5. The minimum atomic E-state index is 0.261. The molecule has 17 heavy (non-hydrogen) atoms. The predicted molar refractivity (Wildman–Crippen MR) is 70.1 cm³/mol. The highest BCUT2D eigenvalue weighted by Crippen LogP contribution is 2.32. The van der Waals surface area contributed by atoms with E-state index in [1.807, 2.05) is 0 Å². The first-order valence-electron chi connectivity index (χ1n) is 6.76. The van der Waals surface area contributed by atoms with Crippen LogP contribution < -0.4 is 5.73 Å². The van der Waals surface area contributed by atoms with Crippen molar-refractivity contribution >= 4 is 0 Å². The molecule has 1 aliphatic rings. The van der Waals surface area contributed by atoms with E-state index in [1.54, 1.807) is 0 Å². The predicted octanol–water partition coefficient (Wildman–Crippen LogP) is 2.89. The summed E-state index contributed by atoms with van der Waals surface area (Å²) >= 11 is 0. The molecule has 0 radical (unpaired) electrons. The molecule has 3 heteroatoms. The number of rotatable bonds is 3. The van der Waals surface area contributed by atoms with Crippen molar-refractivity contribution in [3.63, 3.8) is 0 Å². The molecule has 0 aromatic carbocycles. The van der Waals surface area contributed by atoms with Crippen molar-refractivity contribution in [3.8, 4) is 0 Å². The molecule has 1 saturated carbocycles. The normalized spacial score (nSPS) is 19.2. The van der Waals surface area contributed by atoms with Crippen molar-refractivity contribution in [2.75, 3.05) is 6.54 Å². The lowest BCUT2D eigenvalue weighted by Crippen LogP contribution is -2.15. The summed E-state index contributed by atoms with van der Waals surface area (Å²) in [6, 6.07) is 2.16. The molecular formula is C14H23N3. The van der Waals surface area contributed by atoms with E-state index >= 15 is 0 Å². The van der Waals surface area contributed by atoms with Crippen molar-refractivity contribution in [1.29, 1.82) is 0 Å². The molecule has 1 atom stereocenters. The Kier molecular flexibility index (Phi) is 4.11. The molecule has 0 bridgehead atoms. The van der Waals surface area contributed by atoms with Gasteiger partial charge < -0.3 is 5.73 Å². The SMILES string of the molecule is Cc1cc(C2CCCCC2)nc(C(C)CN)n1. The molecule has 1 unspecified atom stereocenters. The van der Waals surface area contributed by atoms with E-state index in [1.165, 1.54) is 37.8 Å². The van der Waals surface area contributed by atoms with Crippen LogP contribution in [0.1, 0.15) is 68.1 Å². The molecule has 1 aliphatic carbocycles. The monoisotopic (exact) mass is 233 g/mol. The number of hydrogen-bond acceptors (Lipinski definition) is 3. The Morgan fingerprint density at radius 2 is 2.00 bits per heavy atom. The first-order valence-corrected chi connectivity index (χ1v) is 6.76. The number of aryl methyl sites for hydroxylation is 1. The van der Waals surface area contributed by atoms with Gasteiger partial charge in [0.2, 0.25) is 0 Å². The zero-order valence-corrected chi connectivity index (χ0v) is 10.9. The van der Waals surface area contributed by atoms with Gasteiger partial charge in [-0.15, -0.1) is 0 Å². The van der Waals surface area contributed by atoms with E-state index in [-0.39, 0.29) is 5.92 Å². The quantitative estimate of drug-likeness (QED) is 0.873. The average Bonchev–Trinajstić information content (AvgIpc) is 2.38. The second-order valence-electron chi connectivity index (χ2n) is 5.26. The first-order chi connectivity index (χ1) is 8.20. The Bertz CT molecular complexity index is 370. The Morgan fingerprint density at radius 1 is 1.29 bits per heavy atom. The Morgan fingerprint density at radius 3 is 2.65 bits per heavy atom. The van der Waals surface area contributed by atoms with E-state index in [0.29, 0.717) is 12.5 Å². The van der Waals surface area contributed by atoms with Crippen molar-refractivity contribution in [2.45, 2.75) is 57.8 Å². The zero-order valence-electron chi connectivity index (χ0n) is 10.9. The zero-order chi connectivity index (χ0) is 12.3. The second-order valence-corrected chi connectivity index (χ2v) is 5.26. The molecule has 0 aliphatic heterocycles. The van der Waals surface area contributed by atoms with Gasteiger partial charge in [0.05, 0.1) is 0 Å². The molecule has 1 aromatic rings. The highest BCUT2D eigenvalue weighted by Gasteiger charge is 2.19. The summed E-state index contributed by atoms with van der Waals surface area (Å²) in [6.45, 7) is 4.77. The Balaban J connectivity index is 2.24. The van der Waals surface area contributed by atoms with Gasteiger partial charge in [-0.2, -0.15) is 0 Å². The maximum Gasteiger partial charge on any atom is 0.132 e. The molecule has 1 fully saturated rings. The van der Waals surface area contributed by atoms with Gasteiger partial charge in [-0.05, 0) is 25.8 Å². The van der Waals surface area contributed by atoms with Crippen molar-refractivity contribution in [1.82, 2.24) is 9.97 Å². The maximum atomic E-state index is 5.70. The summed E-state index contributed by atoms with van der Waals surface area (Å²) < 4.78 is 0. The van der Waals surface area contributed by atoms with Crippen molar-refractivity contribution < 1.29 is 0 Å². The van der Waals surface area contributed by atoms with E-state index < -0.39 is 0 Å². The summed E-state index contributed by atoms with van der Waals surface area (Å²) in [5, 5.41) is 0. The summed E-state index contributed by atoms with van der Waals surface area (Å²) in [5.41, 5.74) is 8.03. The van der Waals surface area contributed by atoms with Gasteiger partial charge in [0.1, 0.15) is 5.82 Å². The molecule has 0 saturated heterocycles. The lowest BCUT2D eigenvalue weighted by atomic mass is 9.86. The van der Waals surface area contributed by atoms with E-state index in [9.17, 15) is 0 Å². The largest absolute Gasteiger partial charge is 0.330 e. The molecule has 0 amide bonds. The van der Waals surface area contributed by atoms with Crippen LogP contribution in [0, 0.1) is 6.92 Å².